The standard InChI is InChI=1S/C16H20F2N2O2/c1-11(13-3-2-12(17)10-14(13)18)19-5-7-20(8-6-19)15-4-9-22-16(15)21/h2-3,10-11,15H,4-9H2,1H3. The third kappa shape index (κ3) is 2.98. The number of carbonyl (C=O) groups is 1. The molecule has 0 aliphatic carbocycles. The summed E-state index contributed by atoms with van der Waals surface area (Å²) in [5, 5.41) is 0. The molecule has 4 nitrogen and oxygen atoms in total. The number of esters is 1. The zero-order valence-corrected chi connectivity index (χ0v) is 12.6. The number of cyclic esters (lactones) is 1. The summed E-state index contributed by atoms with van der Waals surface area (Å²) in [6.07, 6.45) is 0.751. The van der Waals surface area contributed by atoms with Crippen LogP contribution in [0.2, 0.25) is 0 Å². The van der Waals surface area contributed by atoms with Gasteiger partial charge in [-0.2, -0.15) is 0 Å². The van der Waals surface area contributed by atoms with Crippen molar-refractivity contribution >= 4 is 5.97 Å². The molecule has 0 saturated carbocycles. The fourth-order valence-corrected chi connectivity index (χ4v) is 3.29. The van der Waals surface area contributed by atoms with Gasteiger partial charge in [-0.25, -0.2) is 8.78 Å². The van der Waals surface area contributed by atoms with E-state index in [1.54, 1.807) is 0 Å². The lowest BCUT2D eigenvalue weighted by Gasteiger charge is -2.39. The van der Waals surface area contributed by atoms with Crippen LogP contribution in [0.4, 0.5) is 8.78 Å². The first kappa shape index (κ1) is 15.4. The van der Waals surface area contributed by atoms with Gasteiger partial charge < -0.3 is 4.74 Å². The normalized spacial score (nSPS) is 25.2. The molecule has 2 aliphatic rings. The smallest absolute Gasteiger partial charge is 0.323 e. The number of hydrogen-bond donors (Lipinski definition) is 0. The zero-order valence-electron chi connectivity index (χ0n) is 12.6. The van der Waals surface area contributed by atoms with Crippen molar-refractivity contribution < 1.29 is 18.3 Å². The molecule has 2 fully saturated rings. The second-order valence-corrected chi connectivity index (χ2v) is 5.89. The molecule has 2 heterocycles. The Kier molecular flexibility index (Phi) is 4.40. The molecule has 6 heteroatoms. The Morgan fingerprint density at radius 1 is 1.23 bits per heavy atom. The lowest BCUT2D eigenvalue weighted by Crippen LogP contribution is -2.52. The van der Waals surface area contributed by atoms with E-state index in [-0.39, 0.29) is 18.1 Å². The Hall–Kier alpha value is -1.53. The number of ether oxygens (including phenoxy) is 1. The second kappa shape index (κ2) is 6.30. The molecule has 0 amide bonds. The summed E-state index contributed by atoms with van der Waals surface area (Å²) < 4.78 is 31.9. The highest BCUT2D eigenvalue weighted by molar-refractivity contribution is 5.77. The van der Waals surface area contributed by atoms with Gasteiger partial charge in [-0.3, -0.25) is 14.6 Å². The zero-order chi connectivity index (χ0) is 15.7. The first-order valence-corrected chi connectivity index (χ1v) is 7.66. The average Bonchev–Trinajstić information content (AvgIpc) is 2.93. The van der Waals surface area contributed by atoms with Crippen molar-refractivity contribution in [1.82, 2.24) is 9.80 Å². The number of carbonyl (C=O) groups excluding carboxylic acids is 1. The van der Waals surface area contributed by atoms with Gasteiger partial charge in [0.2, 0.25) is 0 Å². The molecule has 2 unspecified atom stereocenters. The molecule has 0 bridgehead atoms. The van der Waals surface area contributed by atoms with Crippen LogP contribution in [0, 0.1) is 11.6 Å². The number of piperazine rings is 1. The van der Waals surface area contributed by atoms with Crippen molar-refractivity contribution in [2.45, 2.75) is 25.4 Å². The van der Waals surface area contributed by atoms with Crippen molar-refractivity contribution in [2.24, 2.45) is 0 Å². The monoisotopic (exact) mass is 310 g/mol. The Morgan fingerprint density at radius 2 is 1.95 bits per heavy atom. The van der Waals surface area contributed by atoms with Crippen LogP contribution in [0.25, 0.3) is 0 Å². The molecule has 1 aromatic carbocycles. The third-order valence-corrected chi connectivity index (χ3v) is 4.66. The van der Waals surface area contributed by atoms with E-state index >= 15 is 0 Å². The fraction of sp³-hybridized carbons (Fsp3) is 0.562. The predicted octanol–water partition coefficient (Wildman–Crippen LogP) is 1.96. The number of nitrogens with zero attached hydrogens (tertiary/aromatic N) is 2. The van der Waals surface area contributed by atoms with Gasteiger partial charge in [0.25, 0.3) is 0 Å². The van der Waals surface area contributed by atoms with Crippen LogP contribution in [0.5, 0.6) is 0 Å². The Morgan fingerprint density at radius 3 is 2.55 bits per heavy atom. The van der Waals surface area contributed by atoms with Gasteiger partial charge in [0.15, 0.2) is 0 Å². The van der Waals surface area contributed by atoms with Crippen LogP contribution >= 0.6 is 0 Å². The Labute approximate surface area is 128 Å². The highest BCUT2D eigenvalue weighted by Crippen LogP contribution is 2.26. The topological polar surface area (TPSA) is 32.8 Å². The summed E-state index contributed by atoms with van der Waals surface area (Å²) in [6, 6.07) is 3.49. The van der Waals surface area contributed by atoms with Gasteiger partial charge in [0.1, 0.15) is 17.7 Å². The van der Waals surface area contributed by atoms with Crippen LogP contribution in [0.15, 0.2) is 18.2 Å². The number of halogens is 2. The van der Waals surface area contributed by atoms with Gasteiger partial charge in [0, 0.05) is 50.3 Å². The first-order valence-electron chi connectivity index (χ1n) is 7.66. The molecule has 2 atom stereocenters. The van der Waals surface area contributed by atoms with Gasteiger partial charge in [0.05, 0.1) is 6.61 Å². The molecule has 120 valence electrons. The maximum atomic E-state index is 13.9. The molecule has 3 rings (SSSR count). The van der Waals surface area contributed by atoms with Crippen molar-refractivity contribution in [3.8, 4) is 0 Å². The van der Waals surface area contributed by atoms with Crippen molar-refractivity contribution in [3.63, 3.8) is 0 Å². The van der Waals surface area contributed by atoms with Crippen LogP contribution in [-0.2, 0) is 9.53 Å². The number of hydrogen-bond acceptors (Lipinski definition) is 4. The maximum absolute atomic E-state index is 13.9. The summed E-state index contributed by atoms with van der Waals surface area (Å²) >= 11 is 0. The van der Waals surface area contributed by atoms with Gasteiger partial charge in [-0.1, -0.05) is 6.07 Å². The number of benzene rings is 1. The average molecular weight is 310 g/mol. The van der Waals surface area contributed by atoms with E-state index < -0.39 is 11.6 Å². The summed E-state index contributed by atoms with van der Waals surface area (Å²) in [7, 11) is 0. The van der Waals surface area contributed by atoms with Crippen LogP contribution in [0.3, 0.4) is 0 Å². The SMILES string of the molecule is CC(c1ccc(F)cc1F)N1CCN(C2CCOC2=O)CC1. The van der Waals surface area contributed by atoms with E-state index in [2.05, 4.69) is 9.80 Å². The highest BCUT2D eigenvalue weighted by atomic mass is 19.1. The molecular weight excluding hydrogens is 290 g/mol. The molecular formula is C16H20F2N2O2. The van der Waals surface area contributed by atoms with E-state index in [0.29, 0.717) is 12.2 Å². The lowest BCUT2D eigenvalue weighted by atomic mass is 10.0. The predicted molar refractivity (Wildman–Crippen MR) is 77.3 cm³/mol. The van der Waals surface area contributed by atoms with Gasteiger partial charge in [-0.05, 0) is 13.0 Å². The van der Waals surface area contributed by atoms with Crippen molar-refractivity contribution in [1.29, 1.82) is 0 Å². The van der Waals surface area contributed by atoms with Crippen molar-refractivity contribution in [2.75, 3.05) is 32.8 Å². The quantitative estimate of drug-likeness (QED) is 0.799. The van der Waals surface area contributed by atoms with Crippen LogP contribution in [-0.4, -0.2) is 54.6 Å². The van der Waals surface area contributed by atoms with E-state index in [1.165, 1.54) is 12.1 Å². The van der Waals surface area contributed by atoms with Gasteiger partial charge >= 0.3 is 5.97 Å². The van der Waals surface area contributed by atoms with Crippen LogP contribution in [0.1, 0.15) is 24.9 Å². The first-order chi connectivity index (χ1) is 10.6. The molecule has 2 aliphatic heterocycles. The summed E-state index contributed by atoms with van der Waals surface area (Å²) in [5.41, 5.74) is 0.509. The third-order valence-electron chi connectivity index (χ3n) is 4.66. The summed E-state index contributed by atoms with van der Waals surface area (Å²) in [5.74, 6) is -1.20. The van der Waals surface area contributed by atoms with E-state index in [1.807, 2.05) is 6.92 Å². The molecule has 0 radical (unpaired) electrons. The lowest BCUT2D eigenvalue weighted by molar-refractivity contribution is -0.142. The molecule has 0 aromatic heterocycles. The molecule has 22 heavy (non-hydrogen) atoms. The minimum atomic E-state index is -0.557. The van der Waals surface area contributed by atoms with E-state index in [4.69, 9.17) is 4.74 Å². The minimum absolute atomic E-state index is 0.113. The summed E-state index contributed by atoms with van der Waals surface area (Å²) in [6.45, 7) is 5.44. The van der Waals surface area contributed by atoms with Gasteiger partial charge in [-0.15, -0.1) is 0 Å². The Balaban J connectivity index is 1.62. The van der Waals surface area contributed by atoms with E-state index in [0.717, 1.165) is 38.7 Å². The molecule has 1 aromatic rings. The maximum Gasteiger partial charge on any atom is 0.323 e. The molecule has 2 saturated heterocycles. The highest BCUT2D eigenvalue weighted by Gasteiger charge is 2.35. The fourth-order valence-electron chi connectivity index (χ4n) is 3.29. The second-order valence-electron chi connectivity index (χ2n) is 5.89. The van der Waals surface area contributed by atoms with Crippen molar-refractivity contribution in [3.05, 3.63) is 35.4 Å². The Bertz CT molecular complexity index is 559. The summed E-state index contributed by atoms with van der Waals surface area (Å²) in [4.78, 5) is 15.9. The van der Waals surface area contributed by atoms with Crippen LogP contribution < -0.4 is 0 Å². The minimum Gasteiger partial charge on any atom is -0.464 e. The van der Waals surface area contributed by atoms with E-state index in [9.17, 15) is 13.6 Å². The largest absolute Gasteiger partial charge is 0.464 e. The molecule has 0 N–H and O–H groups in total. The molecule has 0 spiro atoms. The number of rotatable bonds is 3.